The summed E-state index contributed by atoms with van der Waals surface area (Å²) in [4.78, 5) is 24.2. The fourth-order valence-electron chi connectivity index (χ4n) is 2.45. The maximum absolute atomic E-state index is 12.2. The number of aryl methyl sites for hydroxylation is 2. The van der Waals surface area contributed by atoms with Crippen LogP contribution < -0.4 is 10.6 Å². The Morgan fingerprint density at radius 2 is 1.88 bits per heavy atom. The molecular weight excluding hydrogens is 384 g/mol. The zero-order chi connectivity index (χ0) is 18.0. The van der Waals surface area contributed by atoms with E-state index in [0.29, 0.717) is 11.3 Å². The number of halogens is 1. The van der Waals surface area contributed by atoms with Crippen molar-refractivity contribution in [2.24, 2.45) is 0 Å². The smallest absolute Gasteiger partial charge is 0.287 e. The molecule has 3 rings (SSSR count). The van der Waals surface area contributed by atoms with Crippen LogP contribution in [-0.2, 0) is 4.79 Å². The van der Waals surface area contributed by atoms with Gasteiger partial charge in [0.2, 0.25) is 5.91 Å². The average Bonchev–Trinajstić information content (AvgIpc) is 2.99. The summed E-state index contributed by atoms with van der Waals surface area (Å²) in [5.41, 5.74) is 3.42. The van der Waals surface area contributed by atoms with Crippen molar-refractivity contribution in [2.45, 2.75) is 13.8 Å². The van der Waals surface area contributed by atoms with Gasteiger partial charge < -0.3 is 15.1 Å². The molecule has 0 saturated carbocycles. The van der Waals surface area contributed by atoms with Crippen molar-refractivity contribution >= 4 is 44.4 Å². The maximum atomic E-state index is 12.2. The number of carbonyl (C=O) groups excluding carboxylic acids is 2. The fraction of sp³-hybridized carbons (Fsp3) is 0.158. The minimum atomic E-state index is -0.420. The van der Waals surface area contributed by atoms with E-state index < -0.39 is 5.91 Å². The van der Waals surface area contributed by atoms with Crippen molar-refractivity contribution in [3.05, 3.63) is 63.8 Å². The number of anilines is 1. The molecule has 1 aromatic heterocycles. The first-order valence-electron chi connectivity index (χ1n) is 7.77. The zero-order valence-corrected chi connectivity index (χ0v) is 15.4. The lowest BCUT2D eigenvalue weighted by molar-refractivity contribution is -0.115. The quantitative estimate of drug-likeness (QED) is 0.689. The van der Waals surface area contributed by atoms with Crippen LogP contribution in [-0.4, -0.2) is 18.4 Å². The van der Waals surface area contributed by atoms with Gasteiger partial charge in [-0.2, -0.15) is 0 Å². The van der Waals surface area contributed by atoms with Crippen LogP contribution in [0.3, 0.4) is 0 Å². The Bertz CT molecular complexity index is 962. The summed E-state index contributed by atoms with van der Waals surface area (Å²) >= 11 is 3.41. The number of furan rings is 1. The molecule has 1 heterocycles. The molecule has 0 atom stereocenters. The van der Waals surface area contributed by atoms with Crippen LogP contribution in [0.2, 0.25) is 0 Å². The normalized spacial score (nSPS) is 10.7. The molecule has 25 heavy (non-hydrogen) atoms. The monoisotopic (exact) mass is 400 g/mol. The van der Waals surface area contributed by atoms with Crippen LogP contribution in [0.1, 0.15) is 21.7 Å². The minimum Gasteiger partial charge on any atom is -0.451 e. The predicted octanol–water partition coefficient (Wildman–Crippen LogP) is 4.18. The van der Waals surface area contributed by atoms with Crippen molar-refractivity contribution in [3.8, 4) is 0 Å². The molecule has 6 heteroatoms. The van der Waals surface area contributed by atoms with Gasteiger partial charge in [0.15, 0.2) is 5.76 Å². The van der Waals surface area contributed by atoms with E-state index in [-0.39, 0.29) is 18.2 Å². The number of hydrogen-bond acceptors (Lipinski definition) is 3. The highest BCUT2D eigenvalue weighted by molar-refractivity contribution is 9.10. The molecule has 2 amide bonds. The van der Waals surface area contributed by atoms with Crippen LogP contribution in [0.5, 0.6) is 0 Å². The molecular formula is C19H17BrN2O3. The van der Waals surface area contributed by atoms with Crippen molar-refractivity contribution in [1.29, 1.82) is 0 Å². The van der Waals surface area contributed by atoms with E-state index in [2.05, 4.69) is 26.6 Å². The predicted molar refractivity (Wildman–Crippen MR) is 101 cm³/mol. The summed E-state index contributed by atoms with van der Waals surface area (Å²) in [5.74, 6) is -0.536. The molecule has 0 radical (unpaired) electrons. The Labute approximate surface area is 153 Å². The molecule has 128 valence electrons. The van der Waals surface area contributed by atoms with Crippen molar-refractivity contribution in [2.75, 3.05) is 11.9 Å². The number of nitrogens with one attached hydrogen (secondary N) is 2. The highest BCUT2D eigenvalue weighted by Crippen LogP contribution is 2.21. The SMILES string of the molecule is Cc1ccc2oc(C(=O)NCC(=O)Nc3ccc(Br)c(C)c3)cc2c1. The summed E-state index contributed by atoms with van der Waals surface area (Å²) in [6, 6.07) is 12.9. The number of fused-ring (bicyclic) bond motifs is 1. The first-order valence-corrected chi connectivity index (χ1v) is 8.56. The lowest BCUT2D eigenvalue weighted by Gasteiger charge is -2.07. The van der Waals surface area contributed by atoms with Gasteiger partial charge in [0, 0.05) is 15.5 Å². The van der Waals surface area contributed by atoms with E-state index >= 15 is 0 Å². The first-order chi connectivity index (χ1) is 11.9. The van der Waals surface area contributed by atoms with Crippen molar-refractivity contribution in [3.63, 3.8) is 0 Å². The molecule has 3 aromatic rings. The standard InChI is InChI=1S/C19H17BrN2O3/c1-11-3-6-16-13(7-11)9-17(25-16)19(24)21-10-18(23)22-14-4-5-15(20)12(2)8-14/h3-9H,10H2,1-2H3,(H,21,24)(H,22,23). The Morgan fingerprint density at radius 3 is 2.64 bits per heavy atom. The van der Waals surface area contributed by atoms with Crippen LogP contribution in [0.15, 0.2) is 51.4 Å². The van der Waals surface area contributed by atoms with Gasteiger partial charge in [0.25, 0.3) is 5.91 Å². The second-order valence-corrected chi connectivity index (χ2v) is 6.70. The second-order valence-electron chi connectivity index (χ2n) is 5.85. The molecule has 0 spiro atoms. The van der Waals surface area contributed by atoms with Crippen molar-refractivity contribution < 1.29 is 14.0 Å². The number of rotatable bonds is 4. The van der Waals surface area contributed by atoms with Gasteiger partial charge in [0.05, 0.1) is 6.54 Å². The third-order valence-electron chi connectivity index (χ3n) is 3.75. The molecule has 5 nitrogen and oxygen atoms in total. The lowest BCUT2D eigenvalue weighted by atomic mass is 10.2. The van der Waals surface area contributed by atoms with Gasteiger partial charge in [-0.15, -0.1) is 0 Å². The number of amides is 2. The van der Waals surface area contributed by atoms with Crippen molar-refractivity contribution in [1.82, 2.24) is 5.32 Å². The van der Waals surface area contributed by atoms with E-state index in [1.165, 1.54) is 0 Å². The largest absolute Gasteiger partial charge is 0.451 e. The Balaban J connectivity index is 1.60. The van der Waals surface area contributed by atoms with E-state index in [0.717, 1.165) is 21.0 Å². The van der Waals surface area contributed by atoms with Gasteiger partial charge in [-0.1, -0.05) is 27.6 Å². The Hall–Kier alpha value is -2.60. The van der Waals surface area contributed by atoms with Gasteiger partial charge in [0.1, 0.15) is 5.58 Å². The third-order valence-corrected chi connectivity index (χ3v) is 4.64. The third kappa shape index (κ3) is 4.09. The molecule has 0 aliphatic carbocycles. The molecule has 0 aliphatic rings. The van der Waals surface area contributed by atoms with Gasteiger partial charge in [-0.3, -0.25) is 9.59 Å². The molecule has 2 N–H and O–H groups in total. The highest BCUT2D eigenvalue weighted by atomic mass is 79.9. The molecule has 0 fully saturated rings. The van der Waals surface area contributed by atoms with Gasteiger partial charge in [-0.25, -0.2) is 0 Å². The van der Waals surface area contributed by atoms with Crippen LogP contribution >= 0.6 is 15.9 Å². The van der Waals surface area contributed by atoms with E-state index in [4.69, 9.17) is 4.42 Å². The number of carbonyl (C=O) groups is 2. The fourth-order valence-corrected chi connectivity index (χ4v) is 2.70. The van der Waals surface area contributed by atoms with Crippen LogP contribution in [0, 0.1) is 13.8 Å². The summed E-state index contributed by atoms with van der Waals surface area (Å²) in [7, 11) is 0. The second kappa shape index (κ2) is 7.11. The average molecular weight is 401 g/mol. The number of hydrogen-bond donors (Lipinski definition) is 2. The molecule has 0 aliphatic heterocycles. The lowest BCUT2D eigenvalue weighted by Crippen LogP contribution is -2.32. The summed E-state index contributed by atoms with van der Waals surface area (Å²) in [5, 5.41) is 6.17. The van der Waals surface area contributed by atoms with E-state index in [1.807, 2.05) is 44.2 Å². The first kappa shape index (κ1) is 17.2. The summed E-state index contributed by atoms with van der Waals surface area (Å²) in [6.07, 6.45) is 0. The zero-order valence-electron chi connectivity index (χ0n) is 13.9. The maximum Gasteiger partial charge on any atom is 0.287 e. The molecule has 0 saturated heterocycles. The van der Waals surface area contributed by atoms with E-state index in [9.17, 15) is 9.59 Å². The van der Waals surface area contributed by atoms with Crippen LogP contribution in [0.25, 0.3) is 11.0 Å². The topological polar surface area (TPSA) is 71.3 Å². The van der Waals surface area contributed by atoms with E-state index in [1.54, 1.807) is 12.1 Å². The number of benzene rings is 2. The van der Waals surface area contributed by atoms with Crippen LogP contribution in [0.4, 0.5) is 5.69 Å². The van der Waals surface area contributed by atoms with Gasteiger partial charge >= 0.3 is 0 Å². The van der Waals surface area contributed by atoms with Gasteiger partial charge in [-0.05, 0) is 55.8 Å². The molecule has 0 bridgehead atoms. The summed E-state index contributed by atoms with van der Waals surface area (Å²) in [6.45, 7) is 3.77. The summed E-state index contributed by atoms with van der Waals surface area (Å²) < 4.78 is 6.49. The Kier molecular flexibility index (Phi) is 4.90. The Morgan fingerprint density at radius 1 is 1.08 bits per heavy atom. The minimum absolute atomic E-state index is 0.135. The molecule has 0 unspecified atom stereocenters. The molecule has 2 aromatic carbocycles. The highest BCUT2D eigenvalue weighted by Gasteiger charge is 2.13.